The van der Waals surface area contributed by atoms with Gasteiger partial charge in [0, 0.05) is 24.3 Å². The molecule has 2 unspecified atom stereocenters. The van der Waals surface area contributed by atoms with Crippen LogP contribution in [0.4, 0.5) is 0 Å². The van der Waals surface area contributed by atoms with Crippen molar-refractivity contribution < 1.29 is 9.59 Å². The van der Waals surface area contributed by atoms with Gasteiger partial charge in [0.05, 0.1) is 11.2 Å². The van der Waals surface area contributed by atoms with E-state index in [1.165, 1.54) is 11.8 Å². The summed E-state index contributed by atoms with van der Waals surface area (Å²) in [4.78, 5) is 29.7. The van der Waals surface area contributed by atoms with Crippen molar-refractivity contribution >= 4 is 23.2 Å². The van der Waals surface area contributed by atoms with E-state index in [2.05, 4.69) is 15.6 Å². The van der Waals surface area contributed by atoms with E-state index in [4.69, 9.17) is 0 Å². The van der Waals surface area contributed by atoms with Gasteiger partial charge in [-0.25, -0.2) is 4.98 Å². The van der Waals surface area contributed by atoms with Gasteiger partial charge in [0.25, 0.3) is 0 Å². The zero-order valence-corrected chi connectivity index (χ0v) is 13.7. The molecule has 2 aromatic rings. The maximum absolute atomic E-state index is 12.7. The molecule has 120 valence electrons. The largest absolute Gasteiger partial charge is 0.351 e. The molecule has 1 aromatic carbocycles. The topological polar surface area (TPSA) is 71.1 Å². The highest BCUT2D eigenvalue weighted by atomic mass is 32.1. The molecule has 2 atom stereocenters. The van der Waals surface area contributed by atoms with Gasteiger partial charge in [-0.2, -0.15) is 0 Å². The van der Waals surface area contributed by atoms with Crippen LogP contribution in [0.3, 0.4) is 0 Å². The van der Waals surface area contributed by atoms with Gasteiger partial charge >= 0.3 is 0 Å². The Morgan fingerprint density at radius 2 is 2.09 bits per heavy atom. The lowest BCUT2D eigenvalue weighted by atomic mass is 9.97. The van der Waals surface area contributed by atoms with Gasteiger partial charge in [-0.3, -0.25) is 9.59 Å². The number of aryl methyl sites for hydroxylation is 1. The molecule has 1 aliphatic rings. The molecule has 3 rings (SSSR count). The summed E-state index contributed by atoms with van der Waals surface area (Å²) < 4.78 is 0. The van der Waals surface area contributed by atoms with Crippen molar-refractivity contribution in [2.45, 2.75) is 38.3 Å². The number of benzene rings is 1. The molecule has 0 saturated heterocycles. The number of aromatic nitrogens is 1. The Bertz CT molecular complexity index is 699. The summed E-state index contributed by atoms with van der Waals surface area (Å²) >= 11 is 1.64. The van der Waals surface area contributed by atoms with E-state index in [1.54, 1.807) is 11.3 Å². The van der Waals surface area contributed by atoms with Crippen LogP contribution >= 0.6 is 11.3 Å². The van der Waals surface area contributed by atoms with E-state index in [0.717, 1.165) is 30.5 Å². The molecule has 23 heavy (non-hydrogen) atoms. The first-order valence-corrected chi connectivity index (χ1v) is 8.55. The van der Waals surface area contributed by atoms with E-state index >= 15 is 0 Å². The zero-order chi connectivity index (χ0) is 16.2. The minimum atomic E-state index is -0.656. The van der Waals surface area contributed by atoms with E-state index in [9.17, 15) is 9.59 Å². The maximum Gasteiger partial charge on any atom is 0.247 e. The van der Waals surface area contributed by atoms with Crippen LogP contribution in [0, 0.1) is 0 Å². The van der Waals surface area contributed by atoms with Crippen molar-refractivity contribution in [3.8, 4) is 0 Å². The fourth-order valence-electron chi connectivity index (χ4n) is 2.86. The summed E-state index contributed by atoms with van der Waals surface area (Å²) in [6, 6.07) is 8.75. The number of nitrogens with zero attached hydrogens (tertiary/aromatic N) is 1. The summed E-state index contributed by atoms with van der Waals surface area (Å²) in [5.74, 6) is -0.383. The van der Waals surface area contributed by atoms with Crippen LogP contribution in [-0.2, 0) is 22.4 Å². The molecular formula is C17H19N3O2S. The smallest absolute Gasteiger partial charge is 0.247 e. The highest BCUT2D eigenvalue weighted by Crippen LogP contribution is 2.24. The van der Waals surface area contributed by atoms with Crippen molar-refractivity contribution in [3.05, 3.63) is 52.0 Å². The molecule has 1 heterocycles. The Morgan fingerprint density at radius 1 is 1.30 bits per heavy atom. The zero-order valence-electron chi connectivity index (χ0n) is 12.9. The van der Waals surface area contributed by atoms with E-state index in [0.29, 0.717) is 0 Å². The standard InChI is InChI=1S/C17H19N3O2S/c1-11(21)19-16(12-5-3-2-4-6-12)17(22)20-13-7-8-14-15(9-13)23-10-18-14/h2-6,10,13,16H,7-9H2,1H3,(H,19,21)(H,20,22). The van der Waals surface area contributed by atoms with Crippen LogP contribution in [0.1, 0.15) is 35.5 Å². The van der Waals surface area contributed by atoms with Crippen LogP contribution in [0.2, 0.25) is 0 Å². The number of fused-ring (bicyclic) bond motifs is 1. The number of carbonyl (C=O) groups excluding carboxylic acids is 2. The van der Waals surface area contributed by atoms with Gasteiger partial charge in [0.2, 0.25) is 11.8 Å². The van der Waals surface area contributed by atoms with Crippen molar-refractivity contribution in [2.24, 2.45) is 0 Å². The third-order valence-corrected chi connectivity index (χ3v) is 4.87. The SMILES string of the molecule is CC(=O)NC(C(=O)NC1CCc2ncsc2C1)c1ccccc1. The van der Waals surface area contributed by atoms with Crippen molar-refractivity contribution in [1.82, 2.24) is 15.6 Å². The lowest BCUT2D eigenvalue weighted by Crippen LogP contribution is -2.45. The molecule has 2 amide bonds. The third kappa shape index (κ3) is 3.76. The second-order valence-electron chi connectivity index (χ2n) is 5.71. The predicted molar refractivity (Wildman–Crippen MR) is 89.1 cm³/mol. The third-order valence-electron chi connectivity index (χ3n) is 3.98. The number of rotatable bonds is 4. The molecule has 0 bridgehead atoms. The molecule has 0 spiro atoms. The summed E-state index contributed by atoms with van der Waals surface area (Å²) in [7, 11) is 0. The molecule has 0 radical (unpaired) electrons. The van der Waals surface area contributed by atoms with Crippen LogP contribution in [-0.4, -0.2) is 22.8 Å². The minimum Gasteiger partial charge on any atom is -0.351 e. The molecule has 1 aromatic heterocycles. The number of hydrogen-bond acceptors (Lipinski definition) is 4. The highest BCUT2D eigenvalue weighted by molar-refractivity contribution is 7.09. The molecule has 0 aliphatic heterocycles. The summed E-state index contributed by atoms with van der Waals surface area (Å²) in [6.07, 6.45) is 2.58. The van der Waals surface area contributed by atoms with Crippen LogP contribution in [0.15, 0.2) is 35.8 Å². The highest BCUT2D eigenvalue weighted by Gasteiger charge is 2.27. The van der Waals surface area contributed by atoms with Gasteiger partial charge in [-0.1, -0.05) is 30.3 Å². The average molecular weight is 329 g/mol. The van der Waals surface area contributed by atoms with E-state index < -0.39 is 6.04 Å². The summed E-state index contributed by atoms with van der Waals surface area (Å²) in [6.45, 7) is 1.42. The van der Waals surface area contributed by atoms with Crippen molar-refractivity contribution in [3.63, 3.8) is 0 Å². The Labute approximate surface area is 139 Å². The van der Waals surface area contributed by atoms with Gasteiger partial charge in [-0.05, 0) is 18.4 Å². The lowest BCUT2D eigenvalue weighted by Gasteiger charge is -2.25. The normalized spacial score (nSPS) is 17.9. The quantitative estimate of drug-likeness (QED) is 0.901. The van der Waals surface area contributed by atoms with Crippen LogP contribution < -0.4 is 10.6 Å². The number of nitrogens with one attached hydrogen (secondary N) is 2. The Morgan fingerprint density at radius 3 is 2.83 bits per heavy atom. The predicted octanol–water partition coefficient (Wildman–Crippen LogP) is 1.99. The van der Waals surface area contributed by atoms with Gasteiger partial charge in [0.15, 0.2) is 0 Å². The second kappa shape index (κ2) is 6.91. The van der Waals surface area contributed by atoms with Crippen LogP contribution in [0.5, 0.6) is 0 Å². The lowest BCUT2D eigenvalue weighted by molar-refractivity contribution is -0.128. The second-order valence-corrected chi connectivity index (χ2v) is 6.65. The maximum atomic E-state index is 12.7. The Balaban J connectivity index is 1.70. The molecule has 6 heteroatoms. The molecule has 1 aliphatic carbocycles. The summed E-state index contributed by atoms with van der Waals surface area (Å²) in [5, 5.41) is 5.82. The van der Waals surface area contributed by atoms with E-state index in [1.807, 2.05) is 35.8 Å². The fourth-order valence-corrected chi connectivity index (χ4v) is 3.75. The molecule has 5 nitrogen and oxygen atoms in total. The van der Waals surface area contributed by atoms with Gasteiger partial charge in [0.1, 0.15) is 6.04 Å². The Kier molecular flexibility index (Phi) is 4.71. The average Bonchev–Trinajstić information content (AvgIpc) is 3.01. The van der Waals surface area contributed by atoms with Crippen LogP contribution in [0.25, 0.3) is 0 Å². The number of carbonyl (C=O) groups is 2. The summed E-state index contributed by atoms with van der Waals surface area (Å²) in [5.41, 5.74) is 3.80. The van der Waals surface area contributed by atoms with Crippen molar-refractivity contribution in [1.29, 1.82) is 0 Å². The monoisotopic (exact) mass is 329 g/mol. The number of hydrogen-bond donors (Lipinski definition) is 2. The molecular weight excluding hydrogens is 310 g/mol. The van der Waals surface area contributed by atoms with Crippen molar-refractivity contribution in [2.75, 3.05) is 0 Å². The minimum absolute atomic E-state index is 0.0930. The number of amides is 2. The Hall–Kier alpha value is -2.21. The number of thiazole rings is 1. The molecule has 0 saturated carbocycles. The first-order chi connectivity index (χ1) is 11.1. The van der Waals surface area contributed by atoms with Gasteiger partial charge in [-0.15, -0.1) is 11.3 Å². The molecule has 0 fully saturated rings. The fraction of sp³-hybridized carbons (Fsp3) is 0.353. The van der Waals surface area contributed by atoms with Gasteiger partial charge < -0.3 is 10.6 Å². The first-order valence-electron chi connectivity index (χ1n) is 7.67. The van der Waals surface area contributed by atoms with E-state index in [-0.39, 0.29) is 17.9 Å². The first kappa shape index (κ1) is 15.7. The molecule has 2 N–H and O–H groups in total.